The number of hydrogen-bond acceptors (Lipinski definition) is 4. The largest absolute Gasteiger partial charge is 0.481 e. The summed E-state index contributed by atoms with van der Waals surface area (Å²) >= 11 is 0. The zero-order valence-corrected chi connectivity index (χ0v) is 9.71. The van der Waals surface area contributed by atoms with E-state index in [0.29, 0.717) is 0 Å². The lowest BCUT2D eigenvalue weighted by Crippen LogP contribution is -2.23. The molecule has 0 amide bonds. The Morgan fingerprint density at radius 1 is 1.39 bits per heavy atom. The second kappa shape index (κ2) is 6.44. The van der Waals surface area contributed by atoms with Crippen molar-refractivity contribution < 1.29 is 24.5 Å². The Labute approximate surface area is 104 Å². The van der Waals surface area contributed by atoms with Crippen molar-refractivity contribution in [3.05, 3.63) is 35.1 Å². The Bertz CT molecular complexity index is 425. The molecule has 0 bridgehead atoms. The van der Waals surface area contributed by atoms with Crippen molar-refractivity contribution in [1.82, 2.24) is 0 Å². The zero-order valence-electron chi connectivity index (χ0n) is 9.71. The van der Waals surface area contributed by atoms with Crippen LogP contribution in [0.25, 0.3) is 0 Å². The molecule has 0 fully saturated rings. The number of aliphatic hydroxyl groups excluding tert-OH is 2. The molecule has 0 spiro atoms. The highest BCUT2D eigenvalue weighted by Gasteiger charge is 2.21. The van der Waals surface area contributed by atoms with E-state index in [1.807, 2.05) is 0 Å². The lowest BCUT2D eigenvalue weighted by atomic mass is 9.95. The average molecular weight is 257 g/mol. The Morgan fingerprint density at radius 2 is 2.06 bits per heavy atom. The first kappa shape index (κ1) is 14.6. The van der Waals surface area contributed by atoms with Crippen molar-refractivity contribution in [2.75, 3.05) is 6.54 Å². The molecular weight excluding hydrogens is 241 g/mol. The van der Waals surface area contributed by atoms with E-state index >= 15 is 0 Å². The predicted octanol–water partition coefficient (Wildman–Crippen LogP) is 0.196. The van der Waals surface area contributed by atoms with Crippen LogP contribution in [0, 0.1) is 5.82 Å². The molecule has 2 unspecified atom stereocenters. The quantitative estimate of drug-likeness (QED) is 0.582. The Hall–Kier alpha value is -1.50. The third-order valence-corrected chi connectivity index (χ3v) is 2.59. The van der Waals surface area contributed by atoms with E-state index in [1.54, 1.807) is 0 Å². The molecule has 5 nitrogen and oxygen atoms in total. The van der Waals surface area contributed by atoms with E-state index < -0.39 is 30.4 Å². The van der Waals surface area contributed by atoms with Crippen LogP contribution in [0.4, 0.5) is 4.39 Å². The topological polar surface area (TPSA) is 104 Å². The number of aliphatic hydroxyl groups is 2. The molecule has 0 aliphatic heterocycles. The van der Waals surface area contributed by atoms with E-state index in [9.17, 15) is 19.4 Å². The number of carboxylic acids is 1. The summed E-state index contributed by atoms with van der Waals surface area (Å²) in [5, 5.41) is 28.2. The molecule has 1 rings (SSSR count). The normalized spacial score (nSPS) is 14.2. The average Bonchev–Trinajstić information content (AvgIpc) is 2.28. The maximum absolute atomic E-state index is 13.1. The fourth-order valence-electron chi connectivity index (χ4n) is 1.71. The van der Waals surface area contributed by atoms with Gasteiger partial charge < -0.3 is 21.1 Å². The summed E-state index contributed by atoms with van der Waals surface area (Å²) < 4.78 is 13.1. The first-order valence-corrected chi connectivity index (χ1v) is 5.52. The molecule has 0 saturated carbocycles. The first-order chi connectivity index (χ1) is 8.45. The molecule has 6 heteroatoms. The molecule has 0 heterocycles. The van der Waals surface area contributed by atoms with Crippen LogP contribution in [0.3, 0.4) is 0 Å². The maximum Gasteiger partial charge on any atom is 0.307 e. The van der Waals surface area contributed by atoms with Gasteiger partial charge in [-0.05, 0) is 36.2 Å². The minimum Gasteiger partial charge on any atom is -0.481 e. The molecule has 2 atom stereocenters. The van der Waals surface area contributed by atoms with Gasteiger partial charge in [-0.3, -0.25) is 4.79 Å². The summed E-state index contributed by atoms with van der Waals surface area (Å²) in [6.07, 6.45) is -2.62. The van der Waals surface area contributed by atoms with E-state index in [2.05, 4.69) is 0 Å². The molecule has 0 aliphatic carbocycles. The molecule has 0 aliphatic rings. The molecule has 0 saturated heterocycles. The second-order valence-electron chi connectivity index (χ2n) is 4.00. The Morgan fingerprint density at radius 3 is 2.61 bits per heavy atom. The van der Waals surface area contributed by atoms with Crippen molar-refractivity contribution in [2.45, 2.75) is 25.0 Å². The van der Waals surface area contributed by atoms with Crippen molar-refractivity contribution in [3.8, 4) is 0 Å². The van der Waals surface area contributed by atoms with Gasteiger partial charge in [-0.1, -0.05) is 6.07 Å². The molecule has 5 N–H and O–H groups in total. The Kier molecular flexibility index (Phi) is 5.21. The minimum atomic E-state index is -1.27. The third kappa shape index (κ3) is 3.76. The molecule has 1 aromatic rings. The number of hydrogen-bond donors (Lipinski definition) is 4. The first-order valence-electron chi connectivity index (χ1n) is 5.52. The summed E-state index contributed by atoms with van der Waals surface area (Å²) in [5.74, 6) is -1.72. The Balaban J connectivity index is 3.02. The fourth-order valence-corrected chi connectivity index (χ4v) is 1.71. The summed E-state index contributed by atoms with van der Waals surface area (Å²) in [6, 6.07) is 3.43. The van der Waals surface area contributed by atoms with Crippen molar-refractivity contribution in [3.63, 3.8) is 0 Å². The summed E-state index contributed by atoms with van der Waals surface area (Å²) in [4.78, 5) is 10.7. The highest BCUT2D eigenvalue weighted by Crippen LogP contribution is 2.24. The van der Waals surface area contributed by atoms with Gasteiger partial charge in [-0.2, -0.15) is 0 Å². The van der Waals surface area contributed by atoms with Crippen LogP contribution in [0.1, 0.15) is 23.7 Å². The lowest BCUT2D eigenvalue weighted by molar-refractivity contribution is -0.136. The number of rotatable bonds is 6. The molecular formula is C12H16FNO4. The number of aliphatic carboxylic acids is 1. The van der Waals surface area contributed by atoms with Gasteiger partial charge in [0.15, 0.2) is 0 Å². The van der Waals surface area contributed by atoms with Crippen molar-refractivity contribution in [2.24, 2.45) is 5.73 Å². The molecule has 18 heavy (non-hydrogen) atoms. The van der Waals surface area contributed by atoms with E-state index in [4.69, 9.17) is 10.8 Å². The molecule has 100 valence electrons. The number of halogens is 1. The SMILES string of the molecule is NCCC(O)C(O)c1ccc(F)cc1CC(=O)O. The van der Waals surface area contributed by atoms with E-state index in [-0.39, 0.29) is 24.1 Å². The molecule has 0 radical (unpaired) electrons. The van der Waals surface area contributed by atoms with E-state index in [0.717, 1.165) is 12.1 Å². The van der Waals surface area contributed by atoms with Crippen LogP contribution >= 0.6 is 0 Å². The predicted molar refractivity (Wildman–Crippen MR) is 62.4 cm³/mol. The molecule has 1 aromatic carbocycles. The molecule has 0 aromatic heterocycles. The second-order valence-corrected chi connectivity index (χ2v) is 4.00. The van der Waals surface area contributed by atoms with Gasteiger partial charge in [0.25, 0.3) is 0 Å². The smallest absolute Gasteiger partial charge is 0.307 e. The summed E-state index contributed by atoms with van der Waals surface area (Å²) in [6.45, 7) is 0.188. The van der Waals surface area contributed by atoms with Gasteiger partial charge in [-0.15, -0.1) is 0 Å². The highest BCUT2D eigenvalue weighted by atomic mass is 19.1. The van der Waals surface area contributed by atoms with Crippen LogP contribution in [0.15, 0.2) is 18.2 Å². The van der Waals surface area contributed by atoms with Crippen molar-refractivity contribution >= 4 is 5.97 Å². The van der Waals surface area contributed by atoms with Gasteiger partial charge >= 0.3 is 5.97 Å². The van der Waals surface area contributed by atoms with Gasteiger partial charge in [0.1, 0.15) is 11.9 Å². The van der Waals surface area contributed by atoms with Crippen LogP contribution in [-0.2, 0) is 11.2 Å². The van der Waals surface area contributed by atoms with E-state index in [1.165, 1.54) is 6.07 Å². The van der Waals surface area contributed by atoms with Gasteiger partial charge in [0.2, 0.25) is 0 Å². The number of nitrogens with two attached hydrogens (primary N) is 1. The lowest BCUT2D eigenvalue weighted by Gasteiger charge is -2.20. The monoisotopic (exact) mass is 257 g/mol. The van der Waals surface area contributed by atoms with Crippen LogP contribution in [0.2, 0.25) is 0 Å². The number of carbonyl (C=O) groups is 1. The van der Waals surface area contributed by atoms with Gasteiger partial charge in [0.05, 0.1) is 12.5 Å². The highest BCUT2D eigenvalue weighted by molar-refractivity contribution is 5.70. The maximum atomic E-state index is 13.1. The summed E-state index contributed by atoms with van der Waals surface area (Å²) in [7, 11) is 0. The van der Waals surface area contributed by atoms with Crippen LogP contribution in [0.5, 0.6) is 0 Å². The third-order valence-electron chi connectivity index (χ3n) is 2.59. The van der Waals surface area contributed by atoms with Gasteiger partial charge in [0, 0.05) is 0 Å². The van der Waals surface area contributed by atoms with Crippen molar-refractivity contribution in [1.29, 1.82) is 0 Å². The summed E-state index contributed by atoms with van der Waals surface area (Å²) in [5.41, 5.74) is 5.62. The van der Waals surface area contributed by atoms with Crippen LogP contribution < -0.4 is 5.73 Å². The number of carboxylic acid groups (broad SMARTS) is 1. The standard InChI is InChI=1S/C12H16FNO4/c13-8-1-2-9(7(5-8)6-11(16)17)12(18)10(15)3-4-14/h1-2,5,10,12,15,18H,3-4,6,14H2,(H,16,17). The fraction of sp³-hybridized carbons (Fsp3) is 0.417. The van der Waals surface area contributed by atoms with Gasteiger partial charge in [-0.25, -0.2) is 4.39 Å². The zero-order chi connectivity index (χ0) is 13.7. The minimum absolute atomic E-state index is 0.145. The van der Waals surface area contributed by atoms with Crippen LogP contribution in [-0.4, -0.2) is 33.9 Å². The number of benzene rings is 1.